The van der Waals surface area contributed by atoms with Crippen molar-refractivity contribution in [2.24, 2.45) is 0 Å². The van der Waals surface area contributed by atoms with E-state index in [1.807, 2.05) is 79.1 Å². The SMILES string of the molecule is Cc1ccc(NC(=O)Cn2c(CCC(=O)O)ccc2-c2ccc(C)cc2)cc1. The van der Waals surface area contributed by atoms with Crippen LogP contribution in [0.2, 0.25) is 0 Å². The van der Waals surface area contributed by atoms with Crippen molar-refractivity contribution in [1.29, 1.82) is 0 Å². The van der Waals surface area contributed by atoms with E-state index >= 15 is 0 Å². The Morgan fingerprint density at radius 3 is 2.11 bits per heavy atom. The highest BCUT2D eigenvalue weighted by atomic mass is 16.4. The lowest BCUT2D eigenvalue weighted by atomic mass is 10.1. The molecule has 3 rings (SSSR count). The molecule has 144 valence electrons. The van der Waals surface area contributed by atoms with Crippen molar-refractivity contribution in [3.05, 3.63) is 77.5 Å². The Labute approximate surface area is 164 Å². The molecule has 5 nitrogen and oxygen atoms in total. The predicted octanol–water partition coefficient (Wildman–Crippen LogP) is 4.43. The summed E-state index contributed by atoms with van der Waals surface area (Å²) in [7, 11) is 0. The number of carbonyl (C=O) groups excluding carboxylic acids is 1. The number of rotatable bonds is 7. The Hall–Kier alpha value is -3.34. The van der Waals surface area contributed by atoms with Gasteiger partial charge in [-0.25, -0.2) is 0 Å². The molecule has 0 spiro atoms. The van der Waals surface area contributed by atoms with Crippen LogP contribution >= 0.6 is 0 Å². The number of nitrogens with one attached hydrogen (secondary N) is 1. The molecular formula is C23H24N2O3. The van der Waals surface area contributed by atoms with Gasteiger partial charge in [0.1, 0.15) is 6.54 Å². The van der Waals surface area contributed by atoms with Gasteiger partial charge < -0.3 is 15.0 Å². The summed E-state index contributed by atoms with van der Waals surface area (Å²) >= 11 is 0. The Kier molecular flexibility index (Phi) is 5.94. The lowest BCUT2D eigenvalue weighted by Gasteiger charge is -2.14. The summed E-state index contributed by atoms with van der Waals surface area (Å²) < 4.78 is 1.90. The van der Waals surface area contributed by atoms with Gasteiger partial charge in [0, 0.05) is 17.1 Å². The molecule has 1 heterocycles. The molecule has 0 saturated carbocycles. The smallest absolute Gasteiger partial charge is 0.303 e. The average Bonchev–Trinajstić information content (AvgIpc) is 3.05. The number of nitrogens with zero attached hydrogens (tertiary/aromatic N) is 1. The first-order valence-corrected chi connectivity index (χ1v) is 9.26. The summed E-state index contributed by atoms with van der Waals surface area (Å²) in [6.45, 7) is 4.14. The monoisotopic (exact) mass is 376 g/mol. The number of aromatic nitrogens is 1. The summed E-state index contributed by atoms with van der Waals surface area (Å²) in [5.74, 6) is -1.00. The topological polar surface area (TPSA) is 71.3 Å². The number of benzene rings is 2. The highest BCUT2D eigenvalue weighted by Gasteiger charge is 2.14. The average molecular weight is 376 g/mol. The van der Waals surface area contributed by atoms with Gasteiger partial charge in [-0.3, -0.25) is 9.59 Å². The zero-order valence-corrected chi connectivity index (χ0v) is 16.1. The fourth-order valence-electron chi connectivity index (χ4n) is 3.11. The molecule has 0 aliphatic carbocycles. The minimum Gasteiger partial charge on any atom is -0.481 e. The standard InChI is InChI=1S/C23H24N2O3/c1-16-3-7-18(8-4-16)21-13-11-20(12-14-23(27)28)25(21)15-22(26)24-19-9-5-17(2)6-10-19/h3-11,13H,12,14-15H2,1-2H3,(H,24,26)(H,27,28). The molecule has 0 saturated heterocycles. The first-order valence-electron chi connectivity index (χ1n) is 9.26. The number of hydrogen-bond acceptors (Lipinski definition) is 2. The number of carboxylic acid groups (broad SMARTS) is 1. The molecule has 0 unspecified atom stereocenters. The minimum atomic E-state index is -0.853. The second-order valence-corrected chi connectivity index (χ2v) is 6.97. The highest BCUT2D eigenvalue weighted by Crippen LogP contribution is 2.24. The van der Waals surface area contributed by atoms with Crippen LogP contribution in [0.5, 0.6) is 0 Å². The first kappa shape index (κ1) is 19.4. The van der Waals surface area contributed by atoms with Gasteiger partial charge >= 0.3 is 5.97 Å². The molecule has 1 aromatic heterocycles. The van der Waals surface area contributed by atoms with Crippen LogP contribution in [0.15, 0.2) is 60.7 Å². The number of anilines is 1. The first-order chi connectivity index (χ1) is 13.4. The molecule has 1 amide bonds. The van der Waals surface area contributed by atoms with Crippen molar-refractivity contribution in [3.63, 3.8) is 0 Å². The van der Waals surface area contributed by atoms with Gasteiger partial charge in [-0.2, -0.15) is 0 Å². The van der Waals surface area contributed by atoms with Gasteiger partial charge in [0.25, 0.3) is 0 Å². The van der Waals surface area contributed by atoms with Crippen LogP contribution in [0.1, 0.15) is 23.2 Å². The number of aliphatic carboxylic acids is 1. The zero-order valence-electron chi connectivity index (χ0n) is 16.1. The Bertz CT molecular complexity index is 970. The molecule has 28 heavy (non-hydrogen) atoms. The third kappa shape index (κ3) is 4.88. The Morgan fingerprint density at radius 2 is 1.50 bits per heavy atom. The Balaban J connectivity index is 1.86. The number of carboxylic acids is 1. The Morgan fingerprint density at radius 1 is 0.893 bits per heavy atom. The summed E-state index contributed by atoms with van der Waals surface area (Å²) in [5, 5.41) is 11.9. The van der Waals surface area contributed by atoms with Crippen LogP contribution in [0.4, 0.5) is 5.69 Å². The van der Waals surface area contributed by atoms with Crippen molar-refractivity contribution in [2.45, 2.75) is 33.2 Å². The normalized spacial score (nSPS) is 10.6. The number of aryl methyl sites for hydroxylation is 3. The van der Waals surface area contributed by atoms with Crippen LogP contribution in [-0.4, -0.2) is 21.6 Å². The van der Waals surface area contributed by atoms with E-state index in [0.29, 0.717) is 6.42 Å². The van der Waals surface area contributed by atoms with Crippen LogP contribution in [0, 0.1) is 13.8 Å². The maximum absolute atomic E-state index is 12.6. The molecule has 0 aliphatic heterocycles. The largest absolute Gasteiger partial charge is 0.481 e. The molecule has 3 aromatic rings. The summed E-state index contributed by atoms with van der Waals surface area (Å²) in [4.78, 5) is 23.6. The third-order valence-corrected chi connectivity index (χ3v) is 4.65. The van der Waals surface area contributed by atoms with E-state index < -0.39 is 5.97 Å². The van der Waals surface area contributed by atoms with Gasteiger partial charge in [-0.1, -0.05) is 47.5 Å². The van der Waals surface area contributed by atoms with Gasteiger partial charge in [0.05, 0.1) is 6.42 Å². The molecular weight excluding hydrogens is 352 g/mol. The summed E-state index contributed by atoms with van der Waals surface area (Å²) in [5.41, 5.74) is 5.75. The molecule has 0 atom stereocenters. The highest BCUT2D eigenvalue weighted by molar-refractivity contribution is 5.91. The van der Waals surface area contributed by atoms with E-state index in [1.54, 1.807) is 0 Å². The van der Waals surface area contributed by atoms with Crippen molar-refractivity contribution >= 4 is 17.6 Å². The second-order valence-electron chi connectivity index (χ2n) is 6.97. The third-order valence-electron chi connectivity index (χ3n) is 4.65. The van der Waals surface area contributed by atoms with Crippen molar-refractivity contribution in [1.82, 2.24) is 4.57 Å². The molecule has 2 aromatic carbocycles. The minimum absolute atomic E-state index is 0.0247. The van der Waals surface area contributed by atoms with Crippen molar-refractivity contribution in [3.8, 4) is 11.3 Å². The molecule has 0 bridgehead atoms. The van der Waals surface area contributed by atoms with Crippen molar-refractivity contribution < 1.29 is 14.7 Å². The molecule has 2 N–H and O–H groups in total. The zero-order chi connectivity index (χ0) is 20.1. The second kappa shape index (κ2) is 8.57. The summed E-state index contributed by atoms with van der Waals surface area (Å²) in [6, 6.07) is 19.6. The number of hydrogen-bond donors (Lipinski definition) is 2. The van der Waals surface area contributed by atoms with E-state index in [-0.39, 0.29) is 18.9 Å². The quantitative estimate of drug-likeness (QED) is 0.641. The van der Waals surface area contributed by atoms with E-state index in [1.165, 1.54) is 0 Å². The van der Waals surface area contributed by atoms with E-state index in [4.69, 9.17) is 5.11 Å². The van der Waals surface area contributed by atoms with Crippen LogP contribution in [0.3, 0.4) is 0 Å². The fourth-order valence-corrected chi connectivity index (χ4v) is 3.11. The molecule has 5 heteroatoms. The summed E-state index contributed by atoms with van der Waals surface area (Å²) in [6.07, 6.45) is 0.399. The van der Waals surface area contributed by atoms with E-state index in [0.717, 1.165) is 33.8 Å². The van der Waals surface area contributed by atoms with Gasteiger partial charge in [0.15, 0.2) is 0 Å². The fraction of sp³-hybridized carbons (Fsp3) is 0.217. The van der Waals surface area contributed by atoms with E-state index in [2.05, 4.69) is 5.32 Å². The van der Waals surface area contributed by atoms with Crippen molar-refractivity contribution in [2.75, 3.05) is 5.32 Å². The van der Waals surface area contributed by atoms with Gasteiger partial charge in [-0.15, -0.1) is 0 Å². The lowest BCUT2D eigenvalue weighted by molar-refractivity contribution is -0.137. The van der Waals surface area contributed by atoms with Crippen LogP contribution in [-0.2, 0) is 22.6 Å². The lowest BCUT2D eigenvalue weighted by Crippen LogP contribution is -2.21. The van der Waals surface area contributed by atoms with Crippen LogP contribution in [0.25, 0.3) is 11.3 Å². The van der Waals surface area contributed by atoms with E-state index in [9.17, 15) is 9.59 Å². The molecule has 0 fully saturated rings. The van der Waals surface area contributed by atoms with Gasteiger partial charge in [-0.05, 0) is 50.1 Å². The predicted molar refractivity (Wildman–Crippen MR) is 110 cm³/mol. The van der Waals surface area contributed by atoms with Crippen LogP contribution < -0.4 is 5.32 Å². The van der Waals surface area contributed by atoms with Gasteiger partial charge in [0.2, 0.25) is 5.91 Å². The maximum atomic E-state index is 12.6. The number of carbonyl (C=O) groups is 2. The maximum Gasteiger partial charge on any atom is 0.303 e. The molecule has 0 radical (unpaired) electrons. The molecule has 0 aliphatic rings. The number of amides is 1.